The molecule has 0 atom stereocenters. The van der Waals surface area contributed by atoms with Crippen LogP contribution in [0.1, 0.15) is 33.2 Å². The van der Waals surface area contributed by atoms with Crippen molar-refractivity contribution in [2.24, 2.45) is 0 Å². The molecular weight excluding hydrogens is 435 g/mol. The van der Waals surface area contributed by atoms with Crippen molar-refractivity contribution >= 4 is 40.2 Å². The number of para-hydroxylation sites is 1. The van der Waals surface area contributed by atoms with Gasteiger partial charge >= 0.3 is 5.97 Å². The van der Waals surface area contributed by atoms with Crippen LogP contribution in [0.5, 0.6) is 0 Å². The SMILES string of the molecule is CCOC(=O)c1cnn(-c2cc(C)c3ccccc3n2)c1NC(=O)c1c(F)cccc1Cl. The zero-order valence-electron chi connectivity index (χ0n) is 17.2. The van der Waals surface area contributed by atoms with Gasteiger partial charge in [0.1, 0.15) is 11.4 Å². The second kappa shape index (κ2) is 8.76. The largest absolute Gasteiger partial charge is 0.462 e. The summed E-state index contributed by atoms with van der Waals surface area (Å²) in [5.74, 6) is -1.95. The van der Waals surface area contributed by atoms with Crippen LogP contribution in [-0.2, 0) is 4.74 Å². The van der Waals surface area contributed by atoms with Gasteiger partial charge in [0.15, 0.2) is 11.6 Å². The first kappa shape index (κ1) is 21.5. The Morgan fingerprint density at radius 1 is 1.19 bits per heavy atom. The summed E-state index contributed by atoms with van der Waals surface area (Å²) in [5, 5.41) is 7.69. The molecule has 9 heteroatoms. The van der Waals surface area contributed by atoms with E-state index in [4.69, 9.17) is 16.3 Å². The first-order valence-corrected chi connectivity index (χ1v) is 10.2. The first-order chi connectivity index (χ1) is 15.4. The number of hydrogen-bond donors (Lipinski definition) is 1. The third-order valence-corrected chi connectivity index (χ3v) is 5.13. The van der Waals surface area contributed by atoms with Crippen molar-refractivity contribution in [3.63, 3.8) is 0 Å². The van der Waals surface area contributed by atoms with Crippen LogP contribution in [0.3, 0.4) is 0 Å². The van der Waals surface area contributed by atoms with Crippen molar-refractivity contribution in [2.75, 3.05) is 11.9 Å². The summed E-state index contributed by atoms with van der Waals surface area (Å²) in [4.78, 5) is 30.0. The molecule has 0 aliphatic carbocycles. The van der Waals surface area contributed by atoms with Crippen molar-refractivity contribution in [3.8, 4) is 5.82 Å². The molecule has 1 N–H and O–H groups in total. The van der Waals surface area contributed by atoms with Crippen LogP contribution < -0.4 is 5.32 Å². The molecule has 0 radical (unpaired) electrons. The average Bonchev–Trinajstić information content (AvgIpc) is 3.17. The molecule has 0 aliphatic heterocycles. The molecule has 2 aromatic heterocycles. The number of benzene rings is 2. The van der Waals surface area contributed by atoms with Gasteiger partial charge in [0, 0.05) is 5.39 Å². The standard InChI is InChI=1S/C23H18ClFN4O3/c1-3-32-23(31)15-12-26-29(19-11-13(2)14-7-4-5-10-18(14)27-19)21(15)28-22(30)20-16(24)8-6-9-17(20)25/h4-12H,3H2,1-2H3,(H,28,30). The van der Waals surface area contributed by atoms with E-state index in [9.17, 15) is 14.0 Å². The lowest BCUT2D eigenvalue weighted by Gasteiger charge is -2.13. The van der Waals surface area contributed by atoms with Gasteiger partial charge < -0.3 is 10.1 Å². The number of esters is 1. The van der Waals surface area contributed by atoms with Crippen molar-refractivity contribution in [1.29, 1.82) is 0 Å². The zero-order valence-corrected chi connectivity index (χ0v) is 18.0. The van der Waals surface area contributed by atoms with Gasteiger partial charge in [-0.05, 0) is 43.7 Å². The molecule has 0 aliphatic rings. The van der Waals surface area contributed by atoms with Crippen LogP contribution in [0.15, 0.2) is 54.7 Å². The molecule has 7 nitrogen and oxygen atoms in total. The number of carbonyl (C=O) groups is 2. The lowest BCUT2D eigenvalue weighted by molar-refractivity contribution is 0.0527. The molecule has 0 bridgehead atoms. The van der Waals surface area contributed by atoms with Crippen LogP contribution in [0.2, 0.25) is 5.02 Å². The maximum Gasteiger partial charge on any atom is 0.343 e. The minimum absolute atomic E-state index is 0.000253. The van der Waals surface area contributed by atoms with E-state index in [1.807, 2.05) is 31.2 Å². The highest BCUT2D eigenvalue weighted by Crippen LogP contribution is 2.26. The van der Waals surface area contributed by atoms with Gasteiger partial charge in [0.2, 0.25) is 0 Å². The molecule has 0 saturated carbocycles. The van der Waals surface area contributed by atoms with E-state index >= 15 is 0 Å². The van der Waals surface area contributed by atoms with Crippen LogP contribution in [-0.4, -0.2) is 33.2 Å². The van der Waals surface area contributed by atoms with Crippen LogP contribution in [0.4, 0.5) is 10.2 Å². The number of hydrogen-bond acceptors (Lipinski definition) is 5. The fourth-order valence-corrected chi connectivity index (χ4v) is 3.57. The summed E-state index contributed by atoms with van der Waals surface area (Å²) in [6, 6.07) is 13.2. The second-order valence-corrected chi connectivity index (χ2v) is 7.31. The number of carbonyl (C=O) groups excluding carboxylic acids is 2. The Balaban J connectivity index is 1.84. The van der Waals surface area contributed by atoms with Gasteiger partial charge in [-0.2, -0.15) is 9.78 Å². The number of aromatic nitrogens is 3. The Labute approximate surface area is 187 Å². The summed E-state index contributed by atoms with van der Waals surface area (Å²) >= 11 is 6.03. The zero-order chi connectivity index (χ0) is 22.8. The van der Waals surface area contributed by atoms with Crippen molar-refractivity contribution in [2.45, 2.75) is 13.8 Å². The molecule has 0 fully saturated rings. The van der Waals surface area contributed by atoms with Crippen molar-refractivity contribution < 1.29 is 18.7 Å². The number of amides is 1. The smallest absolute Gasteiger partial charge is 0.343 e. The lowest BCUT2D eigenvalue weighted by Crippen LogP contribution is -2.20. The van der Waals surface area contributed by atoms with E-state index in [1.165, 1.54) is 23.0 Å². The third-order valence-electron chi connectivity index (χ3n) is 4.81. The van der Waals surface area contributed by atoms with Crippen LogP contribution in [0.25, 0.3) is 16.7 Å². The van der Waals surface area contributed by atoms with E-state index in [0.29, 0.717) is 11.3 Å². The molecule has 1 amide bonds. The Morgan fingerprint density at radius 3 is 2.72 bits per heavy atom. The molecule has 2 heterocycles. The number of aryl methyl sites for hydroxylation is 1. The maximum atomic E-state index is 14.3. The molecule has 0 unspecified atom stereocenters. The second-order valence-electron chi connectivity index (χ2n) is 6.90. The van der Waals surface area contributed by atoms with E-state index in [0.717, 1.165) is 17.0 Å². The molecule has 4 aromatic rings. The lowest BCUT2D eigenvalue weighted by atomic mass is 10.1. The topological polar surface area (TPSA) is 86.1 Å². The number of anilines is 1. The van der Waals surface area contributed by atoms with E-state index in [2.05, 4.69) is 15.4 Å². The summed E-state index contributed by atoms with van der Waals surface area (Å²) in [6.07, 6.45) is 1.27. The Bertz CT molecular complexity index is 1330. The Morgan fingerprint density at radius 2 is 1.97 bits per heavy atom. The fraction of sp³-hybridized carbons (Fsp3) is 0.130. The molecule has 4 rings (SSSR count). The average molecular weight is 453 g/mol. The van der Waals surface area contributed by atoms with Crippen LogP contribution >= 0.6 is 11.6 Å². The van der Waals surface area contributed by atoms with Crippen molar-refractivity contribution in [3.05, 3.63) is 82.3 Å². The van der Waals surface area contributed by atoms with Gasteiger partial charge in [0.05, 0.1) is 28.9 Å². The normalized spacial score (nSPS) is 10.9. The number of halogens is 2. The molecule has 0 saturated heterocycles. The van der Waals surface area contributed by atoms with Gasteiger partial charge in [-0.15, -0.1) is 0 Å². The Hall–Kier alpha value is -3.78. The van der Waals surface area contributed by atoms with Gasteiger partial charge in [-0.25, -0.2) is 14.2 Å². The molecule has 162 valence electrons. The highest BCUT2D eigenvalue weighted by Gasteiger charge is 2.25. The summed E-state index contributed by atoms with van der Waals surface area (Å²) < 4.78 is 20.7. The quantitative estimate of drug-likeness (QED) is 0.433. The molecular formula is C23H18ClFN4O3. The highest BCUT2D eigenvalue weighted by molar-refractivity contribution is 6.34. The number of rotatable bonds is 5. The van der Waals surface area contributed by atoms with E-state index in [-0.39, 0.29) is 28.6 Å². The predicted octanol–water partition coefficient (Wildman–Crippen LogP) is 4.95. The third kappa shape index (κ3) is 3.92. The minimum Gasteiger partial charge on any atom is -0.462 e. The number of nitrogens with zero attached hydrogens (tertiary/aromatic N) is 3. The maximum absolute atomic E-state index is 14.3. The molecule has 32 heavy (non-hydrogen) atoms. The van der Waals surface area contributed by atoms with Gasteiger partial charge in [0.25, 0.3) is 5.91 Å². The monoisotopic (exact) mass is 452 g/mol. The Kier molecular flexibility index (Phi) is 5.87. The molecule has 0 spiro atoms. The van der Waals surface area contributed by atoms with Gasteiger partial charge in [-0.1, -0.05) is 35.9 Å². The van der Waals surface area contributed by atoms with E-state index < -0.39 is 17.7 Å². The highest BCUT2D eigenvalue weighted by atomic mass is 35.5. The fourth-order valence-electron chi connectivity index (χ4n) is 3.33. The minimum atomic E-state index is -0.835. The predicted molar refractivity (Wildman–Crippen MR) is 119 cm³/mol. The van der Waals surface area contributed by atoms with E-state index in [1.54, 1.807) is 13.0 Å². The summed E-state index contributed by atoms with van der Waals surface area (Å²) in [5.41, 5.74) is 1.29. The number of nitrogens with one attached hydrogen (secondary N) is 1. The molecule has 2 aromatic carbocycles. The number of fused-ring (bicyclic) bond motifs is 1. The van der Waals surface area contributed by atoms with Gasteiger partial charge in [-0.3, -0.25) is 4.79 Å². The number of pyridine rings is 1. The number of ether oxygens (including phenoxy) is 1. The summed E-state index contributed by atoms with van der Waals surface area (Å²) in [7, 11) is 0. The first-order valence-electron chi connectivity index (χ1n) is 9.78. The van der Waals surface area contributed by atoms with Crippen LogP contribution in [0, 0.1) is 12.7 Å². The summed E-state index contributed by atoms with van der Waals surface area (Å²) in [6.45, 7) is 3.71. The van der Waals surface area contributed by atoms with Crippen molar-refractivity contribution in [1.82, 2.24) is 14.8 Å².